The van der Waals surface area contributed by atoms with Crippen molar-refractivity contribution < 1.29 is 4.39 Å². The average molecular weight is 498 g/mol. The fourth-order valence-corrected chi connectivity index (χ4v) is 5.12. The van der Waals surface area contributed by atoms with Gasteiger partial charge in [0.1, 0.15) is 11.5 Å². The molecule has 0 spiro atoms. The molecule has 0 N–H and O–H groups in total. The summed E-state index contributed by atoms with van der Waals surface area (Å²) in [5.41, 5.74) is 5.05. The Morgan fingerprint density at radius 3 is 2.35 bits per heavy atom. The van der Waals surface area contributed by atoms with Crippen molar-refractivity contribution in [1.29, 1.82) is 5.26 Å². The molecular formula is C29H32FN7. The van der Waals surface area contributed by atoms with E-state index in [0.717, 1.165) is 59.9 Å². The van der Waals surface area contributed by atoms with Crippen LogP contribution in [0.15, 0.2) is 54.9 Å². The molecule has 1 fully saturated rings. The van der Waals surface area contributed by atoms with E-state index in [0.29, 0.717) is 23.7 Å². The van der Waals surface area contributed by atoms with Gasteiger partial charge in [0.2, 0.25) is 5.95 Å². The Morgan fingerprint density at radius 1 is 1.03 bits per heavy atom. The van der Waals surface area contributed by atoms with Gasteiger partial charge in [0, 0.05) is 49.2 Å². The van der Waals surface area contributed by atoms with Crippen LogP contribution >= 0.6 is 0 Å². The maximum Gasteiger partial charge on any atom is 0.211 e. The van der Waals surface area contributed by atoms with E-state index in [9.17, 15) is 5.26 Å². The Bertz CT molecular complexity index is 1440. The Labute approximate surface area is 217 Å². The van der Waals surface area contributed by atoms with Crippen LogP contribution in [0.5, 0.6) is 0 Å². The minimum atomic E-state index is -0.253. The largest absolute Gasteiger partial charge is 0.342 e. The Balaban J connectivity index is 1.67. The highest BCUT2D eigenvalue weighted by Crippen LogP contribution is 2.37. The summed E-state index contributed by atoms with van der Waals surface area (Å²) in [6.07, 6.45) is 5.81. The number of piperidine rings is 1. The van der Waals surface area contributed by atoms with E-state index >= 15 is 4.39 Å². The highest BCUT2D eigenvalue weighted by molar-refractivity contribution is 5.91. The quantitative estimate of drug-likeness (QED) is 0.386. The third-order valence-corrected chi connectivity index (χ3v) is 7.12. The summed E-state index contributed by atoms with van der Waals surface area (Å²) in [7, 11) is 8.11. The molecule has 0 atom stereocenters. The van der Waals surface area contributed by atoms with E-state index in [1.54, 1.807) is 24.4 Å². The molecule has 0 saturated carbocycles. The lowest BCUT2D eigenvalue weighted by molar-refractivity contribution is 0.249. The average Bonchev–Trinajstić information content (AvgIpc) is 3.39. The van der Waals surface area contributed by atoms with E-state index in [2.05, 4.69) is 30.0 Å². The van der Waals surface area contributed by atoms with Crippen LogP contribution < -0.4 is 4.90 Å². The molecule has 8 heteroatoms. The number of hydrogen-bond donors (Lipinski definition) is 0. The lowest BCUT2D eigenvalue weighted by atomic mass is 9.98. The number of hydrogen-bond acceptors (Lipinski definition) is 6. The summed E-state index contributed by atoms with van der Waals surface area (Å²) in [6, 6.07) is 15.5. The first-order valence-corrected chi connectivity index (χ1v) is 12.6. The van der Waals surface area contributed by atoms with Crippen molar-refractivity contribution >= 4 is 11.6 Å². The molecule has 4 aromatic rings. The molecule has 1 aliphatic heterocycles. The first-order valence-electron chi connectivity index (χ1n) is 12.6. The second-order valence-corrected chi connectivity index (χ2v) is 10.2. The third-order valence-electron chi connectivity index (χ3n) is 7.12. The minimum Gasteiger partial charge on any atom is -0.342 e. The van der Waals surface area contributed by atoms with Gasteiger partial charge in [-0.15, -0.1) is 0 Å². The van der Waals surface area contributed by atoms with Crippen LogP contribution in [0.25, 0.3) is 28.0 Å². The van der Waals surface area contributed by atoms with Gasteiger partial charge in [-0.1, -0.05) is 24.3 Å². The zero-order chi connectivity index (χ0) is 26.1. The molecule has 0 aliphatic carbocycles. The standard InChI is InChI=1S/C29H32FN7/c1-34(2)19-23-10-9-22(17-25(23)30)26-27(21-7-5-20(18-31)6-8-21)33-29(37-16-13-32-28(26)37)36-14-11-24(12-15-36)35(3)4/h5-10,13,16-17,24H,11-12,14-15,19H2,1-4H3. The Morgan fingerprint density at radius 2 is 1.73 bits per heavy atom. The van der Waals surface area contributed by atoms with Crippen molar-refractivity contribution in [3.63, 3.8) is 0 Å². The predicted octanol–water partition coefficient (Wildman–Crippen LogP) is 4.67. The van der Waals surface area contributed by atoms with Crippen molar-refractivity contribution in [2.24, 2.45) is 0 Å². The van der Waals surface area contributed by atoms with E-state index < -0.39 is 0 Å². The third kappa shape index (κ3) is 4.93. The molecule has 0 unspecified atom stereocenters. The van der Waals surface area contributed by atoms with Crippen LogP contribution in [0.2, 0.25) is 0 Å². The molecule has 2 aromatic carbocycles. The molecule has 0 radical (unpaired) electrons. The van der Waals surface area contributed by atoms with Crippen LogP contribution in [-0.4, -0.2) is 71.5 Å². The van der Waals surface area contributed by atoms with Gasteiger partial charge in [-0.25, -0.2) is 14.4 Å². The first kappa shape index (κ1) is 24.9. The highest BCUT2D eigenvalue weighted by Gasteiger charge is 2.26. The van der Waals surface area contributed by atoms with Gasteiger partial charge in [0.25, 0.3) is 0 Å². The monoisotopic (exact) mass is 497 g/mol. The van der Waals surface area contributed by atoms with Crippen molar-refractivity contribution in [2.75, 3.05) is 46.2 Å². The smallest absolute Gasteiger partial charge is 0.211 e. The molecule has 37 heavy (non-hydrogen) atoms. The van der Waals surface area contributed by atoms with E-state index in [1.807, 2.05) is 53.9 Å². The molecule has 5 rings (SSSR count). The number of nitrogens with zero attached hydrogens (tertiary/aromatic N) is 7. The zero-order valence-corrected chi connectivity index (χ0v) is 21.8. The van der Waals surface area contributed by atoms with Gasteiger partial charge in [-0.2, -0.15) is 5.26 Å². The first-order chi connectivity index (χ1) is 17.9. The maximum absolute atomic E-state index is 15.2. The molecule has 2 aromatic heterocycles. The SMILES string of the molecule is CN(C)Cc1ccc(-c2c(-c3ccc(C#N)cc3)nc(N3CCC(N(C)C)CC3)n3ccnc23)cc1F. The number of anilines is 1. The summed E-state index contributed by atoms with van der Waals surface area (Å²) in [5, 5.41) is 9.30. The topological polar surface area (TPSA) is 63.7 Å². The molecule has 1 saturated heterocycles. The fourth-order valence-electron chi connectivity index (χ4n) is 5.12. The van der Waals surface area contributed by atoms with Crippen LogP contribution in [0, 0.1) is 17.1 Å². The van der Waals surface area contributed by atoms with Crippen molar-refractivity contribution in [1.82, 2.24) is 24.2 Å². The number of rotatable bonds is 6. The number of benzene rings is 2. The molecule has 1 aliphatic rings. The summed E-state index contributed by atoms with van der Waals surface area (Å²) in [4.78, 5) is 16.5. The normalized spacial score (nSPS) is 14.6. The van der Waals surface area contributed by atoms with Gasteiger partial charge in [-0.3, -0.25) is 4.40 Å². The van der Waals surface area contributed by atoms with E-state index in [1.165, 1.54) is 0 Å². The summed E-state index contributed by atoms with van der Waals surface area (Å²) in [5.74, 6) is 0.578. The molecule has 3 heterocycles. The lowest BCUT2D eigenvalue weighted by Crippen LogP contribution is -2.43. The number of halogens is 1. The second-order valence-electron chi connectivity index (χ2n) is 10.2. The summed E-state index contributed by atoms with van der Waals surface area (Å²) >= 11 is 0. The fraction of sp³-hybridized carbons (Fsp3) is 0.345. The van der Waals surface area contributed by atoms with Gasteiger partial charge in [-0.05, 0) is 64.8 Å². The number of nitriles is 1. The summed E-state index contributed by atoms with van der Waals surface area (Å²) in [6.45, 7) is 2.31. The van der Waals surface area contributed by atoms with Gasteiger partial charge >= 0.3 is 0 Å². The lowest BCUT2D eigenvalue weighted by Gasteiger charge is -2.36. The van der Waals surface area contributed by atoms with Crippen molar-refractivity contribution in [3.05, 3.63) is 71.8 Å². The second kappa shape index (κ2) is 10.3. The highest BCUT2D eigenvalue weighted by atomic mass is 19.1. The van der Waals surface area contributed by atoms with E-state index in [-0.39, 0.29) is 5.82 Å². The summed E-state index contributed by atoms with van der Waals surface area (Å²) < 4.78 is 17.2. The van der Waals surface area contributed by atoms with E-state index in [4.69, 9.17) is 9.97 Å². The van der Waals surface area contributed by atoms with Crippen LogP contribution in [-0.2, 0) is 6.54 Å². The van der Waals surface area contributed by atoms with Crippen molar-refractivity contribution in [3.8, 4) is 28.5 Å². The molecule has 190 valence electrons. The molecule has 0 bridgehead atoms. The number of imidazole rings is 1. The molecule has 7 nitrogen and oxygen atoms in total. The van der Waals surface area contributed by atoms with Crippen LogP contribution in [0.1, 0.15) is 24.0 Å². The number of aromatic nitrogens is 3. The maximum atomic E-state index is 15.2. The Hall–Kier alpha value is -3.80. The van der Waals surface area contributed by atoms with Gasteiger partial charge < -0.3 is 14.7 Å². The van der Waals surface area contributed by atoms with Crippen LogP contribution in [0.3, 0.4) is 0 Å². The van der Waals surface area contributed by atoms with Crippen LogP contribution in [0.4, 0.5) is 10.3 Å². The zero-order valence-electron chi connectivity index (χ0n) is 21.8. The van der Waals surface area contributed by atoms with Gasteiger partial charge in [0.15, 0.2) is 0 Å². The molecule has 0 amide bonds. The molecular weight excluding hydrogens is 465 g/mol. The minimum absolute atomic E-state index is 0.253. The van der Waals surface area contributed by atoms with Gasteiger partial charge in [0.05, 0.1) is 22.9 Å². The predicted molar refractivity (Wildman–Crippen MR) is 145 cm³/mol. The van der Waals surface area contributed by atoms with Crippen molar-refractivity contribution in [2.45, 2.75) is 25.4 Å². The Kier molecular flexibility index (Phi) is 6.92. The number of fused-ring (bicyclic) bond motifs is 1.